The molecule has 2 aromatic carbocycles. The summed E-state index contributed by atoms with van der Waals surface area (Å²) in [7, 11) is -4.21. The van der Waals surface area contributed by atoms with Gasteiger partial charge in [0.2, 0.25) is 0 Å². The van der Waals surface area contributed by atoms with Crippen molar-refractivity contribution in [1.82, 2.24) is 3.97 Å². The first-order chi connectivity index (χ1) is 11.0. The predicted molar refractivity (Wildman–Crippen MR) is 82.3 cm³/mol. The maximum atomic E-state index is 12.9. The Hall–Kier alpha value is -3.18. The van der Waals surface area contributed by atoms with Gasteiger partial charge < -0.3 is 0 Å². The fraction of sp³-hybridized carbons (Fsp3) is 0. The van der Waals surface area contributed by atoms with Crippen LogP contribution >= 0.6 is 0 Å². The van der Waals surface area contributed by atoms with Crippen LogP contribution in [0, 0.1) is 21.4 Å². The Morgan fingerprint density at radius 3 is 2.43 bits per heavy atom. The molecule has 0 N–H and O–H groups in total. The highest BCUT2D eigenvalue weighted by Gasteiger charge is 2.28. The molecule has 0 amide bonds. The van der Waals surface area contributed by atoms with Crippen LogP contribution in [0.3, 0.4) is 0 Å². The molecule has 0 atom stereocenters. The number of nitrogens with zero attached hydrogens (tertiary/aromatic N) is 3. The Labute approximate surface area is 131 Å². The normalized spacial score (nSPS) is 11.3. The lowest BCUT2D eigenvalue weighted by Gasteiger charge is -2.07. The van der Waals surface area contributed by atoms with Crippen LogP contribution in [-0.2, 0) is 10.0 Å². The van der Waals surface area contributed by atoms with E-state index in [1.807, 2.05) is 6.07 Å². The van der Waals surface area contributed by atoms with E-state index in [2.05, 4.69) is 0 Å². The second kappa shape index (κ2) is 5.23. The van der Waals surface area contributed by atoms with Gasteiger partial charge in [-0.2, -0.15) is 5.26 Å². The predicted octanol–water partition coefficient (Wildman–Crippen LogP) is 2.66. The third-order valence-corrected chi connectivity index (χ3v) is 5.12. The first-order valence-corrected chi connectivity index (χ1v) is 7.90. The van der Waals surface area contributed by atoms with Gasteiger partial charge in [0.05, 0.1) is 16.0 Å². The van der Waals surface area contributed by atoms with Crippen LogP contribution in [0.4, 0.5) is 5.69 Å². The molecule has 0 aliphatic rings. The van der Waals surface area contributed by atoms with Crippen molar-refractivity contribution in [3.63, 3.8) is 0 Å². The Morgan fingerprint density at radius 2 is 1.74 bits per heavy atom. The zero-order chi connectivity index (χ0) is 16.6. The van der Waals surface area contributed by atoms with Crippen LogP contribution in [0.5, 0.6) is 0 Å². The molecule has 0 saturated heterocycles. The van der Waals surface area contributed by atoms with E-state index in [0.29, 0.717) is 10.9 Å². The Kier molecular flexibility index (Phi) is 3.35. The first kappa shape index (κ1) is 14.7. The summed E-state index contributed by atoms with van der Waals surface area (Å²) in [5.41, 5.74) is -0.0336. The number of aromatic nitrogens is 1. The molecular formula is C15H9N3O4S. The third-order valence-electron chi connectivity index (χ3n) is 3.40. The summed E-state index contributed by atoms with van der Waals surface area (Å²) in [6.45, 7) is 0. The molecule has 0 unspecified atom stereocenters. The number of nitriles is 1. The summed E-state index contributed by atoms with van der Waals surface area (Å²) in [4.78, 5) is 9.94. The van der Waals surface area contributed by atoms with E-state index >= 15 is 0 Å². The van der Waals surface area contributed by atoms with Crippen molar-refractivity contribution in [3.05, 3.63) is 70.4 Å². The fourth-order valence-electron chi connectivity index (χ4n) is 2.37. The highest BCUT2D eigenvalue weighted by molar-refractivity contribution is 7.90. The summed E-state index contributed by atoms with van der Waals surface area (Å²) >= 11 is 0. The summed E-state index contributed by atoms with van der Waals surface area (Å²) in [5, 5.41) is 20.7. The minimum absolute atomic E-state index is 0.183. The average molecular weight is 327 g/mol. The number of benzene rings is 2. The van der Waals surface area contributed by atoms with Crippen molar-refractivity contribution in [3.8, 4) is 6.07 Å². The lowest BCUT2D eigenvalue weighted by Crippen LogP contribution is -2.13. The molecule has 7 nitrogen and oxygen atoms in total. The van der Waals surface area contributed by atoms with Crippen molar-refractivity contribution in [2.24, 2.45) is 0 Å². The molecule has 0 bridgehead atoms. The van der Waals surface area contributed by atoms with E-state index in [1.165, 1.54) is 24.4 Å². The smallest absolute Gasteiger partial charge is 0.258 e. The SMILES string of the molecule is N#Cc1cn(S(=O)(=O)c2ccccc2[N+](=O)[O-])c2ccccc12. The van der Waals surface area contributed by atoms with E-state index in [9.17, 15) is 18.5 Å². The molecule has 3 rings (SSSR count). The lowest BCUT2D eigenvalue weighted by atomic mass is 10.2. The van der Waals surface area contributed by atoms with Crippen LogP contribution in [0.15, 0.2) is 59.6 Å². The second-order valence-electron chi connectivity index (χ2n) is 4.70. The Morgan fingerprint density at radius 1 is 1.09 bits per heavy atom. The van der Waals surface area contributed by atoms with Crippen molar-refractivity contribution in [2.45, 2.75) is 4.90 Å². The summed E-state index contributed by atoms with van der Waals surface area (Å²) < 4.78 is 26.6. The van der Waals surface area contributed by atoms with Crippen molar-refractivity contribution in [2.75, 3.05) is 0 Å². The lowest BCUT2D eigenvalue weighted by molar-refractivity contribution is -0.387. The molecule has 23 heavy (non-hydrogen) atoms. The van der Waals surface area contributed by atoms with Crippen LogP contribution in [-0.4, -0.2) is 17.3 Å². The zero-order valence-electron chi connectivity index (χ0n) is 11.6. The van der Waals surface area contributed by atoms with Gasteiger partial charge in [0, 0.05) is 17.6 Å². The maximum Gasteiger partial charge on any atom is 0.289 e. The fourth-order valence-corrected chi connectivity index (χ4v) is 3.90. The molecule has 0 aliphatic carbocycles. The first-order valence-electron chi connectivity index (χ1n) is 6.46. The van der Waals surface area contributed by atoms with Crippen LogP contribution in [0.25, 0.3) is 10.9 Å². The summed E-state index contributed by atoms with van der Waals surface area (Å²) in [5.74, 6) is 0. The monoisotopic (exact) mass is 327 g/mol. The van der Waals surface area contributed by atoms with E-state index < -0.39 is 25.5 Å². The van der Waals surface area contributed by atoms with E-state index in [1.54, 1.807) is 24.3 Å². The number of nitro benzene ring substituents is 1. The molecule has 0 aliphatic heterocycles. The number of nitro groups is 1. The van der Waals surface area contributed by atoms with E-state index in [0.717, 1.165) is 10.0 Å². The van der Waals surface area contributed by atoms with Gasteiger partial charge in [-0.1, -0.05) is 30.3 Å². The topological polar surface area (TPSA) is 106 Å². The molecule has 1 heterocycles. The molecule has 0 radical (unpaired) electrons. The number of rotatable bonds is 3. The van der Waals surface area contributed by atoms with Gasteiger partial charge >= 0.3 is 0 Å². The van der Waals surface area contributed by atoms with E-state index in [-0.39, 0.29) is 5.56 Å². The molecular weight excluding hydrogens is 318 g/mol. The van der Waals surface area contributed by atoms with Gasteiger partial charge in [0.1, 0.15) is 6.07 Å². The van der Waals surface area contributed by atoms with Crippen molar-refractivity contribution < 1.29 is 13.3 Å². The van der Waals surface area contributed by atoms with Gasteiger partial charge in [0.25, 0.3) is 15.7 Å². The minimum atomic E-state index is -4.21. The molecule has 0 saturated carbocycles. The van der Waals surface area contributed by atoms with Gasteiger partial charge in [-0.25, -0.2) is 12.4 Å². The Balaban J connectivity index is 2.35. The highest BCUT2D eigenvalue weighted by Crippen LogP contribution is 2.29. The van der Waals surface area contributed by atoms with Crippen molar-refractivity contribution >= 4 is 26.6 Å². The molecule has 1 aromatic heterocycles. The second-order valence-corrected chi connectivity index (χ2v) is 6.48. The Bertz CT molecular complexity index is 1080. The molecule has 0 spiro atoms. The van der Waals surface area contributed by atoms with Gasteiger partial charge in [0.15, 0.2) is 4.90 Å². The van der Waals surface area contributed by atoms with Crippen LogP contribution in [0.2, 0.25) is 0 Å². The third kappa shape index (κ3) is 2.23. The number of hydrogen-bond acceptors (Lipinski definition) is 5. The zero-order valence-corrected chi connectivity index (χ0v) is 12.4. The maximum absolute atomic E-state index is 12.9. The van der Waals surface area contributed by atoms with Gasteiger partial charge in [-0.3, -0.25) is 10.1 Å². The summed E-state index contributed by atoms with van der Waals surface area (Å²) in [6, 6.07) is 13.5. The van der Waals surface area contributed by atoms with E-state index in [4.69, 9.17) is 5.26 Å². The van der Waals surface area contributed by atoms with Crippen molar-refractivity contribution in [1.29, 1.82) is 5.26 Å². The number of hydrogen-bond donors (Lipinski definition) is 0. The molecule has 8 heteroatoms. The highest BCUT2D eigenvalue weighted by atomic mass is 32.2. The standard InChI is InChI=1S/C15H9N3O4S/c16-9-11-10-17(13-6-2-1-5-12(11)13)23(21,22)15-8-4-3-7-14(15)18(19)20/h1-8,10H. The summed E-state index contributed by atoms with van der Waals surface area (Å²) in [6.07, 6.45) is 1.18. The minimum Gasteiger partial charge on any atom is -0.258 e. The quantitative estimate of drug-likeness (QED) is 0.543. The largest absolute Gasteiger partial charge is 0.289 e. The molecule has 3 aromatic rings. The number of para-hydroxylation sites is 2. The van der Waals surface area contributed by atoms with Crippen LogP contribution in [0.1, 0.15) is 5.56 Å². The van der Waals surface area contributed by atoms with Crippen LogP contribution < -0.4 is 0 Å². The van der Waals surface area contributed by atoms with Gasteiger partial charge in [-0.05, 0) is 12.1 Å². The molecule has 114 valence electrons. The van der Waals surface area contributed by atoms with Gasteiger partial charge in [-0.15, -0.1) is 0 Å². The number of fused-ring (bicyclic) bond motifs is 1. The molecule has 0 fully saturated rings. The average Bonchev–Trinajstić information content (AvgIpc) is 2.94.